The van der Waals surface area contributed by atoms with Gasteiger partial charge in [0.1, 0.15) is 0 Å². The molecule has 0 N–H and O–H groups in total. The number of rotatable bonds is 0. The molecule has 0 heterocycles. The Labute approximate surface area is 75.4 Å². The lowest BCUT2D eigenvalue weighted by molar-refractivity contribution is 1.54. The maximum atomic E-state index is 5.91. The zero-order chi connectivity index (χ0) is 7.84. The summed E-state index contributed by atoms with van der Waals surface area (Å²) in [6.45, 7) is 0. The molecule has 2 heteroatoms. The van der Waals surface area contributed by atoms with Crippen LogP contribution in [0.2, 0.25) is 10.0 Å². The van der Waals surface area contributed by atoms with Gasteiger partial charge in [-0.25, -0.2) is 0 Å². The van der Waals surface area contributed by atoms with E-state index < -0.39 is 0 Å². The van der Waals surface area contributed by atoms with Gasteiger partial charge in [-0.15, -0.1) is 0 Å². The Morgan fingerprint density at radius 1 is 0.909 bits per heavy atom. The summed E-state index contributed by atoms with van der Waals surface area (Å²) in [6, 6.07) is 3.62. The van der Waals surface area contributed by atoms with Crippen molar-refractivity contribution in [2.45, 2.75) is 0 Å². The van der Waals surface area contributed by atoms with Crippen molar-refractivity contribution in [3.8, 4) is 0 Å². The van der Waals surface area contributed by atoms with Gasteiger partial charge in [0.25, 0.3) is 0 Å². The third-order valence-corrected chi connectivity index (χ3v) is 2.37. The van der Waals surface area contributed by atoms with Gasteiger partial charge >= 0.3 is 0 Å². The molecule has 1 aliphatic rings. The normalized spacial score (nSPS) is 13.6. The van der Waals surface area contributed by atoms with Crippen molar-refractivity contribution in [1.82, 2.24) is 0 Å². The highest BCUT2D eigenvalue weighted by Gasteiger charge is 2.11. The molecule has 0 unspecified atom stereocenters. The largest absolute Gasteiger partial charge is 0.0840 e. The molecule has 0 bridgehead atoms. The predicted octanol–water partition coefficient (Wildman–Crippen LogP) is 3.57. The number of halogens is 2. The lowest BCUT2D eigenvalue weighted by Crippen LogP contribution is -1.82. The molecule has 0 saturated carbocycles. The van der Waals surface area contributed by atoms with Crippen molar-refractivity contribution in [1.29, 1.82) is 0 Å². The Bertz CT molecular complexity index is 327. The second-order valence-corrected chi connectivity index (χ2v) is 3.20. The Morgan fingerprint density at radius 3 is 2.18 bits per heavy atom. The Morgan fingerprint density at radius 2 is 1.55 bits per heavy atom. The monoisotopic (exact) mass is 183 g/mol. The summed E-state index contributed by atoms with van der Waals surface area (Å²) in [5.74, 6) is 0. The fraction of sp³-hybridized carbons (Fsp3) is 0. The second kappa shape index (κ2) is 2.54. The molecule has 0 nitrogen and oxygen atoms in total. The molecular weight excluding hydrogens is 179 g/mol. The molecule has 2 rings (SSSR count). The van der Waals surface area contributed by atoms with Crippen LogP contribution in [0.5, 0.6) is 0 Å². The van der Waals surface area contributed by atoms with Crippen LogP contribution >= 0.6 is 23.2 Å². The standard InChI is InChI=1S/C9H5Cl2/c10-8-4-5-9(11)7-3-1-2-6(7)8/h1-5H. The summed E-state index contributed by atoms with van der Waals surface area (Å²) in [4.78, 5) is 0. The Kier molecular flexibility index (Phi) is 1.67. The number of benzene rings is 1. The van der Waals surface area contributed by atoms with Gasteiger partial charge in [-0.05, 0) is 23.3 Å². The predicted molar refractivity (Wildman–Crippen MR) is 48.9 cm³/mol. The zero-order valence-corrected chi connectivity index (χ0v) is 7.15. The minimum absolute atomic E-state index is 0.759. The van der Waals surface area contributed by atoms with E-state index in [4.69, 9.17) is 23.2 Å². The van der Waals surface area contributed by atoms with E-state index in [2.05, 4.69) is 0 Å². The van der Waals surface area contributed by atoms with Crippen molar-refractivity contribution in [3.63, 3.8) is 0 Å². The summed E-state index contributed by atoms with van der Waals surface area (Å²) in [5, 5.41) is 1.52. The molecule has 1 aromatic rings. The van der Waals surface area contributed by atoms with Crippen LogP contribution in [-0.2, 0) is 0 Å². The maximum absolute atomic E-state index is 5.91. The van der Waals surface area contributed by atoms with Gasteiger partial charge in [0.05, 0.1) is 0 Å². The van der Waals surface area contributed by atoms with Crippen molar-refractivity contribution >= 4 is 29.3 Å². The van der Waals surface area contributed by atoms with Crippen LogP contribution in [0.1, 0.15) is 11.1 Å². The molecule has 0 amide bonds. The van der Waals surface area contributed by atoms with Crippen LogP contribution in [0.4, 0.5) is 0 Å². The molecule has 0 saturated heterocycles. The molecule has 0 atom stereocenters. The molecule has 0 aromatic heterocycles. The Balaban J connectivity index is 2.71. The summed E-state index contributed by atoms with van der Waals surface area (Å²) < 4.78 is 0. The molecular formula is C9H5Cl2. The number of allylic oxidation sites excluding steroid dienone is 1. The van der Waals surface area contributed by atoms with Crippen LogP contribution in [0, 0.1) is 6.42 Å². The minimum atomic E-state index is 0.759. The van der Waals surface area contributed by atoms with Gasteiger partial charge in [0.15, 0.2) is 0 Å². The first-order chi connectivity index (χ1) is 5.29. The smallest absolute Gasteiger partial charge is 0.0482 e. The quantitative estimate of drug-likeness (QED) is 0.578. The summed E-state index contributed by atoms with van der Waals surface area (Å²) in [6.07, 6.45) is 5.87. The SMILES string of the molecule is Clc1ccc(Cl)c2c1[CH]C=C2. The average molecular weight is 184 g/mol. The lowest BCUT2D eigenvalue weighted by Gasteiger charge is -2.02. The molecule has 1 aromatic carbocycles. The molecule has 1 radical (unpaired) electrons. The van der Waals surface area contributed by atoms with E-state index >= 15 is 0 Å². The average Bonchev–Trinajstić information content (AvgIpc) is 2.45. The summed E-state index contributed by atoms with van der Waals surface area (Å²) in [7, 11) is 0. The van der Waals surface area contributed by atoms with E-state index in [1.807, 2.05) is 30.7 Å². The van der Waals surface area contributed by atoms with Gasteiger partial charge in [-0.1, -0.05) is 35.4 Å². The fourth-order valence-electron chi connectivity index (χ4n) is 1.16. The van der Waals surface area contributed by atoms with E-state index in [1.165, 1.54) is 0 Å². The Hall–Kier alpha value is -0.460. The van der Waals surface area contributed by atoms with Crippen molar-refractivity contribution in [2.75, 3.05) is 0 Å². The maximum Gasteiger partial charge on any atom is 0.0482 e. The number of hydrogen-bond acceptors (Lipinski definition) is 0. The molecule has 0 fully saturated rings. The van der Waals surface area contributed by atoms with Crippen LogP contribution in [-0.4, -0.2) is 0 Å². The third kappa shape index (κ3) is 1.07. The van der Waals surface area contributed by atoms with Crippen LogP contribution in [0.3, 0.4) is 0 Å². The fourth-order valence-corrected chi connectivity index (χ4v) is 1.62. The van der Waals surface area contributed by atoms with Gasteiger partial charge in [-0.2, -0.15) is 0 Å². The molecule has 0 aliphatic heterocycles. The molecule has 0 spiro atoms. The van der Waals surface area contributed by atoms with Gasteiger partial charge in [0.2, 0.25) is 0 Å². The van der Waals surface area contributed by atoms with Crippen molar-refractivity contribution in [3.05, 3.63) is 45.8 Å². The highest BCUT2D eigenvalue weighted by Crippen LogP contribution is 2.33. The van der Waals surface area contributed by atoms with E-state index in [1.54, 1.807) is 0 Å². The van der Waals surface area contributed by atoms with E-state index in [9.17, 15) is 0 Å². The molecule has 1 aliphatic carbocycles. The minimum Gasteiger partial charge on any atom is -0.0840 e. The second-order valence-electron chi connectivity index (χ2n) is 2.38. The van der Waals surface area contributed by atoms with Gasteiger partial charge in [-0.3, -0.25) is 0 Å². The van der Waals surface area contributed by atoms with Crippen LogP contribution in [0.25, 0.3) is 6.08 Å². The van der Waals surface area contributed by atoms with Crippen LogP contribution < -0.4 is 0 Å². The number of fused-ring (bicyclic) bond motifs is 1. The van der Waals surface area contributed by atoms with E-state index in [0.29, 0.717) is 0 Å². The highest BCUT2D eigenvalue weighted by molar-refractivity contribution is 6.35. The van der Waals surface area contributed by atoms with E-state index in [0.717, 1.165) is 21.2 Å². The highest BCUT2D eigenvalue weighted by atomic mass is 35.5. The topological polar surface area (TPSA) is 0 Å². The van der Waals surface area contributed by atoms with E-state index in [-0.39, 0.29) is 0 Å². The first-order valence-corrected chi connectivity index (χ1v) is 4.04. The first kappa shape index (κ1) is 7.20. The van der Waals surface area contributed by atoms with Gasteiger partial charge < -0.3 is 0 Å². The zero-order valence-electron chi connectivity index (χ0n) is 5.64. The van der Waals surface area contributed by atoms with Crippen LogP contribution in [0.15, 0.2) is 18.2 Å². The summed E-state index contributed by atoms with van der Waals surface area (Å²) >= 11 is 11.8. The molecule has 55 valence electrons. The van der Waals surface area contributed by atoms with Crippen molar-refractivity contribution < 1.29 is 0 Å². The lowest BCUT2D eigenvalue weighted by atomic mass is 10.1. The first-order valence-electron chi connectivity index (χ1n) is 3.28. The van der Waals surface area contributed by atoms with Crippen molar-refractivity contribution in [2.24, 2.45) is 0 Å². The van der Waals surface area contributed by atoms with Gasteiger partial charge in [0, 0.05) is 16.5 Å². The third-order valence-electron chi connectivity index (χ3n) is 1.71. The molecule has 11 heavy (non-hydrogen) atoms. The number of hydrogen-bond donors (Lipinski definition) is 0. The summed E-state index contributed by atoms with van der Waals surface area (Å²) in [5.41, 5.74) is 2.05.